The van der Waals surface area contributed by atoms with E-state index in [4.69, 9.17) is 4.98 Å². The fraction of sp³-hybridized carbons (Fsp3) is 0.368. The molecule has 4 heteroatoms. The maximum Gasteiger partial charge on any atom is 0.164 e. The Bertz CT molecular complexity index is 798. The van der Waals surface area contributed by atoms with E-state index in [1.54, 1.807) is 0 Å². The molecule has 4 nitrogen and oxygen atoms in total. The van der Waals surface area contributed by atoms with Gasteiger partial charge in [0.2, 0.25) is 0 Å². The summed E-state index contributed by atoms with van der Waals surface area (Å²) < 4.78 is 2.23. The van der Waals surface area contributed by atoms with Crippen molar-refractivity contribution in [3.63, 3.8) is 0 Å². The van der Waals surface area contributed by atoms with Crippen LogP contribution in [0.4, 0.5) is 0 Å². The van der Waals surface area contributed by atoms with Crippen LogP contribution in [0.2, 0.25) is 0 Å². The predicted octanol–water partition coefficient (Wildman–Crippen LogP) is 3.27. The first kappa shape index (κ1) is 14.4. The van der Waals surface area contributed by atoms with Gasteiger partial charge in [0.1, 0.15) is 11.3 Å². The molecule has 1 aliphatic heterocycles. The second-order valence-electron chi connectivity index (χ2n) is 6.44. The highest BCUT2D eigenvalue weighted by Gasteiger charge is 2.19. The SMILES string of the molecule is Cc1ccc(-n2c(CC3CCNCC3)nc3cccnc32)cc1. The Morgan fingerprint density at radius 3 is 2.70 bits per heavy atom. The minimum Gasteiger partial charge on any atom is -0.317 e. The Kier molecular flexibility index (Phi) is 3.83. The summed E-state index contributed by atoms with van der Waals surface area (Å²) in [5.41, 5.74) is 4.36. The van der Waals surface area contributed by atoms with Crippen molar-refractivity contribution in [2.24, 2.45) is 5.92 Å². The molecule has 0 aliphatic carbocycles. The highest BCUT2D eigenvalue weighted by molar-refractivity contribution is 5.73. The topological polar surface area (TPSA) is 42.7 Å². The molecule has 1 saturated heterocycles. The van der Waals surface area contributed by atoms with E-state index in [2.05, 4.69) is 52.1 Å². The molecule has 3 aromatic rings. The smallest absolute Gasteiger partial charge is 0.164 e. The summed E-state index contributed by atoms with van der Waals surface area (Å²) in [6.07, 6.45) is 5.32. The van der Waals surface area contributed by atoms with Gasteiger partial charge in [-0.05, 0) is 63.0 Å². The predicted molar refractivity (Wildman–Crippen MR) is 92.9 cm³/mol. The fourth-order valence-electron chi connectivity index (χ4n) is 3.41. The molecule has 23 heavy (non-hydrogen) atoms. The van der Waals surface area contributed by atoms with Crippen molar-refractivity contribution in [3.05, 3.63) is 54.0 Å². The number of nitrogens with one attached hydrogen (secondary N) is 1. The Morgan fingerprint density at radius 1 is 1.13 bits per heavy atom. The van der Waals surface area contributed by atoms with E-state index in [9.17, 15) is 0 Å². The van der Waals surface area contributed by atoms with Gasteiger partial charge in [0.05, 0.1) is 0 Å². The number of hydrogen-bond donors (Lipinski definition) is 1. The van der Waals surface area contributed by atoms with Gasteiger partial charge in [-0.3, -0.25) is 4.57 Å². The molecular formula is C19H22N4. The Balaban J connectivity index is 1.79. The number of benzene rings is 1. The van der Waals surface area contributed by atoms with Crippen molar-refractivity contribution in [1.82, 2.24) is 19.9 Å². The first-order valence-electron chi connectivity index (χ1n) is 8.41. The summed E-state index contributed by atoms with van der Waals surface area (Å²) in [5, 5.41) is 3.44. The van der Waals surface area contributed by atoms with Crippen LogP contribution in [0.25, 0.3) is 16.9 Å². The zero-order valence-electron chi connectivity index (χ0n) is 13.5. The lowest BCUT2D eigenvalue weighted by Gasteiger charge is -2.22. The molecule has 2 aromatic heterocycles. The number of imidazole rings is 1. The quantitative estimate of drug-likeness (QED) is 0.807. The fourth-order valence-corrected chi connectivity index (χ4v) is 3.41. The Hall–Kier alpha value is -2.20. The second kappa shape index (κ2) is 6.13. The molecule has 0 radical (unpaired) electrons. The largest absolute Gasteiger partial charge is 0.317 e. The minimum absolute atomic E-state index is 0.706. The summed E-state index contributed by atoms with van der Waals surface area (Å²) in [5.74, 6) is 1.84. The molecular weight excluding hydrogens is 284 g/mol. The van der Waals surface area contributed by atoms with Crippen molar-refractivity contribution in [1.29, 1.82) is 0 Å². The van der Waals surface area contributed by atoms with Gasteiger partial charge in [0.25, 0.3) is 0 Å². The third-order valence-electron chi connectivity index (χ3n) is 4.71. The molecule has 0 unspecified atom stereocenters. The molecule has 3 heterocycles. The van der Waals surface area contributed by atoms with Gasteiger partial charge in [-0.1, -0.05) is 17.7 Å². The van der Waals surface area contributed by atoms with Gasteiger partial charge in [0, 0.05) is 18.3 Å². The van der Waals surface area contributed by atoms with Crippen molar-refractivity contribution in [2.45, 2.75) is 26.2 Å². The average Bonchev–Trinajstić information content (AvgIpc) is 2.94. The summed E-state index contributed by atoms with van der Waals surface area (Å²) in [6, 6.07) is 12.6. The number of rotatable bonds is 3. The molecule has 4 rings (SSSR count). The zero-order chi connectivity index (χ0) is 15.6. The van der Waals surface area contributed by atoms with E-state index < -0.39 is 0 Å². The number of fused-ring (bicyclic) bond motifs is 1. The van der Waals surface area contributed by atoms with Gasteiger partial charge in [0.15, 0.2) is 5.65 Å². The maximum absolute atomic E-state index is 4.89. The lowest BCUT2D eigenvalue weighted by atomic mass is 9.94. The molecule has 0 atom stereocenters. The monoisotopic (exact) mass is 306 g/mol. The van der Waals surface area contributed by atoms with Crippen molar-refractivity contribution >= 4 is 11.2 Å². The lowest BCUT2D eigenvalue weighted by Crippen LogP contribution is -2.29. The zero-order valence-corrected chi connectivity index (χ0v) is 13.5. The number of aryl methyl sites for hydroxylation is 1. The molecule has 1 N–H and O–H groups in total. The van der Waals surface area contributed by atoms with Crippen LogP contribution in [0.5, 0.6) is 0 Å². The van der Waals surface area contributed by atoms with E-state index in [0.717, 1.165) is 42.2 Å². The minimum atomic E-state index is 0.706. The van der Waals surface area contributed by atoms with Gasteiger partial charge in [-0.2, -0.15) is 0 Å². The van der Waals surface area contributed by atoms with Crippen LogP contribution in [0.1, 0.15) is 24.2 Å². The van der Waals surface area contributed by atoms with Crippen LogP contribution in [0.15, 0.2) is 42.6 Å². The van der Waals surface area contributed by atoms with Gasteiger partial charge in [-0.15, -0.1) is 0 Å². The number of pyridine rings is 1. The molecule has 0 bridgehead atoms. The van der Waals surface area contributed by atoms with Gasteiger partial charge < -0.3 is 5.32 Å². The van der Waals surface area contributed by atoms with E-state index in [1.165, 1.54) is 18.4 Å². The molecule has 0 spiro atoms. The normalized spacial score (nSPS) is 16.0. The number of aromatic nitrogens is 3. The molecule has 118 valence electrons. The van der Waals surface area contributed by atoms with Crippen LogP contribution in [0, 0.1) is 12.8 Å². The molecule has 0 amide bonds. The third kappa shape index (κ3) is 2.86. The molecule has 1 aliphatic rings. The molecule has 1 fully saturated rings. The first-order chi connectivity index (χ1) is 11.3. The van der Waals surface area contributed by atoms with Crippen LogP contribution < -0.4 is 5.32 Å². The standard InChI is InChI=1S/C19H22N4/c1-14-4-6-16(7-5-14)23-18(13-15-8-11-20-12-9-15)22-17-3-2-10-21-19(17)23/h2-7,10,15,20H,8-9,11-13H2,1H3. The van der Waals surface area contributed by atoms with Crippen molar-refractivity contribution < 1.29 is 0 Å². The van der Waals surface area contributed by atoms with E-state index in [-0.39, 0.29) is 0 Å². The average molecular weight is 306 g/mol. The summed E-state index contributed by atoms with van der Waals surface area (Å²) in [4.78, 5) is 9.47. The van der Waals surface area contributed by atoms with Crippen LogP contribution in [0.3, 0.4) is 0 Å². The number of piperidine rings is 1. The maximum atomic E-state index is 4.89. The Labute approximate surface area is 136 Å². The van der Waals surface area contributed by atoms with Crippen LogP contribution in [-0.4, -0.2) is 27.6 Å². The summed E-state index contributed by atoms with van der Waals surface area (Å²) in [7, 11) is 0. The third-order valence-corrected chi connectivity index (χ3v) is 4.71. The Morgan fingerprint density at radius 2 is 1.91 bits per heavy atom. The first-order valence-corrected chi connectivity index (χ1v) is 8.41. The highest BCUT2D eigenvalue weighted by Crippen LogP contribution is 2.24. The van der Waals surface area contributed by atoms with E-state index in [0.29, 0.717) is 5.92 Å². The number of nitrogens with zero attached hydrogens (tertiary/aromatic N) is 3. The van der Waals surface area contributed by atoms with Crippen molar-refractivity contribution in [3.8, 4) is 5.69 Å². The van der Waals surface area contributed by atoms with Crippen LogP contribution in [-0.2, 0) is 6.42 Å². The summed E-state index contributed by atoms with van der Waals surface area (Å²) >= 11 is 0. The van der Waals surface area contributed by atoms with E-state index >= 15 is 0 Å². The van der Waals surface area contributed by atoms with Gasteiger partial charge in [-0.25, -0.2) is 9.97 Å². The second-order valence-corrected chi connectivity index (χ2v) is 6.44. The lowest BCUT2D eigenvalue weighted by molar-refractivity contribution is 0.366. The van der Waals surface area contributed by atoms with Gasteiger partial charge >= 0.3 is 0 Å². The highest BCUT2D eigenvalue weighted by atomic mass is 15.1. The van der Waals surface area contributed by atoms with Crippen LogP contribution >= 0.6 is 0 Å². The van der Waals surface area contributed by atoms with E-state index in [1.807, 2.05) is 12.3 Å². The number of hydrogen-bond acceptors (Lipinski definition) is 3. The van der Waals surface area contributed by atoms with Crippen molar-refractivity contribution in [2.75, 3.05) is 13.1 Å². The molecule has 1 aromatic carbocycles. The molecule has 0 saturated carbocycles. The summed E-state index contributed by atoms with van der Waals surface area (Å²) in [6.45, 7) is 4.35.